The Bertz CT molecular complexity index is 4850. The minimum atomic E-state index is -4.50. The van der Waals surface area contributed by atoms with Gasteiger partial charge in [-0.3, -0.25) is 52.5 Å². The van der Waals surface area contributed by atoms with Gasteiger partial charge in [-0.25, -0.2) is 0 Å². The van der Waals surface area contributed by atoms with Crippen LogP contribution in [0.1, 0.15) is 137 Å². The molecule has 34 nitrogen and oxygen atoms in total. The van der Waals surface area contributed by atoms with E-state index in [1.54, 1.807) is 36.4 Å². The number of nitrogens with one attached hydrogen (secondary N) is 7. The first-order valence-electron chi connectivity index (χ1n) is 41.6. The molecular weight excluding hydrogens is 1630 g/mol. The molecule has 0 saturated carbocycles. The lowest BCUT2D eigenvalue weighted by Crippen LogP contribution is -2.58. The number of phenolic OH excluding ortho intramolecular Hbond substituents is 1. The maximum Gasteiger partial charge on any atom is 0.305 e. The van der Waals surface area contributed by atoms with Crippen LogP contribution in [-0.4, -0.2) is 280 Å². The molecule has 15 N–H and O–H groups in total. The number of nitrogens with two attached hydrogens (primary N) is 2. The van der Waals surface area contributed by atoms with Gasteiger partial charge in [0.25, 0.3) is 26.1 Å². The smallest absolute Gasteiger partial charge is 0.305 e. The maximum absolute atomic E-state index is 14.2. The molecule has 4 aromatic rings. The average molecular weight is 1750 g/mol. The van der Waals surface area contributed by atoms with Crippen molar-refractivity contribution in [1.29, 1.82) is 0 Å². The van der Waals surface area contributed by atoms with Crippen molar-refractivity contribution in [2.45, 2.75) is 156 Å². The van der Waals surface area contributed by atoms with Gasteiger partial charge >= 0.3 is 5.97 Å². The number of carboxylic acid groups (broad SMARTS) is 1. The number of aliphatic imine (C=N–C) groups is 1. The van der Waals surface area contributed by atoms with Crippen molar-refractivity contribution in [2.24, 2.45) is 16.5 Å². The van der Waals surface area contributed by atoms with Gasteiger partial charge in [0.1, 0.15) is 29.9 Å². The monoisotopic (exact) mass is 1750 g/mol. The second kappa shape index (κ2) is 44.9. The molecule has 4 aliphatic rings. The largest absolute Gasteiger partial charge is 0.508 e. The van der Waals surface area contributed by atoms with Crippen molar-refractivity contribution >= 4 is 96.2 Å². The normalized spacial score (nSPS) is 19.2. The minimum absolute atomic E-state index is 0.00896. The van der Waals surface area contributed by atoms with Crippen LogP contribution in [0.2, 0.25) is 0 Å². The van der Waals surface area contributed by atoms with E-state index < -0.39 is 104 Å². The maximum atomic E-state index is 14.2. The number of phenols is 1. The predicted molar refractivity (Wildman–Crippen MR) is 465 cm³/mol. The molecule has 1 aliphatic carbocycles. The highest BCUT2D eigenvalue weighted by molar-refractivity contribution is 7.86. The summed E-state index contributed by atoms with van der Waals surface area (Å²) in [6, 6.07) is 17.2. The van der Waals surface area contributed by atoms with Crippen LogP contribution in [0.25, 0.3) is 5.57 Å². The SMILES string of the molecule is CC1(C)C(=CC=C2CCCC(C=CC3=[N+](CCC[N+](C)(C)C)c4ccc(S(=O)(=O)O)cc4C3(C)C)=C2c2ccc(C(=O)NCCOCCOCCOCCOCCC(=O)NCCCC[C@@H]3NC(=O)[C@@H](Cc4ccc(O)cc4)NC(=O)[C@H](CC(=O)O)NC(=O)CNC(=O)[C@H](CCCN=C(N)N)NC3=O)cc2)N(CCC[N+](C)(C)C)c2ccc(S(=O)(=O)O)cc21. The number of guanidine groups is 1. The van der Waals surface area contributed by atoms with Gasteiger partial charge in [-0.05, 0) is 159 Å². The molecule has 0 spiro atoms. The van der Waals surface area contributed by atoms with Gasteiger partial charge in [0.2, 0.25) is 41.1 Å². The van der Waals surface area contributed by atoms with E-state index in [1.807, 2.05) is 12.1 Å². The highest BCUT2D eigenvalue weighted by Gasteiger charge is 2.46. The molecule has 672 valence electrons. The number of unbranched alkanes of at least 4 members (excludes halogenated alkanes) is 1. The van der Waals surface area contributed by atoms with Crippen molar-refractivity contribution in [3.8, 4) is 5.75 Å². The molecule has 0 bridgehead atoms. The first-order chi connectivity index (χ1) is 58.0. The molecule has 0 radical (unpaired) electrons. The summed E-state index contributed by atoms with van der Waals surface area (Å²) in [5.74, 6) is -6.73. The van der Waals surface area contributed by atoms with Crippen molar-refractivity contribution in [3.05, 3.63) is 154 Å². The highest BCUT2D eigenvalue weighted by Crippen LogP contribution is 2.50. The minimum Gasteiger partial charge on any atom is -0.508 e. The summed E-state index contributed by atoms with van der Waals surface area (Å²) in [6.45, 7) is 13.0. The standard InChI is InChI=1S/C87H122N14O20S2/c1-86(2)66-54-64(122(112,113)114)31-33-72(66)98(41-15-43-100(5,6)7)74(86)35-27-59-17-13-18-60(28-36-75-87(3,4)67-55-65(123(115,116)117)32-34-73(67)99(75)42-16-44-101(8,9)10)79(59)61-23-25-62(26-24-61)80(107)91-40-46-119-48-50-121-52-51-120-49-47-118-45-37-76(103)90-38-12-11-19-69-82(109)95-68(20-14-39-92-85(88)89)81(108)93-57-77(104)94-71(56-78(105)106)84(111)97-70(83(110)96-69)53-58-21-29-63(102)30-22-58/h21-36,54-55,68-71H,11-20,37-53,56-57H2,1-10H3,(H12-3,88,89,90,91,92,93,94,95,96,97,102,103,104,105,106,107,108,109,110,111,112,113,114,115,116,117)/p+3/t68-,69-,70+,71-/m0/s1. The van der Waals surface area contributed by atoms with Crippen LogP contribution >= 0.6 is 0 Å². The molecule has 3 aliphatic heterocycles. The van der Waals surface area contributed by atoms with Crippen molar-refractivity contribution in [2.75, 3.05) is 152 Å². The number of anilines is 1. The number of carbonyl (C=O) groups is 8. The second-order valence-electron chi connectivity index (χ2n) is 34.1. The van der Waals surface area contributed by atoms with Crippen LogP contribution in [0.4, 0.5) is 11.4 Å². The molecule has 123 heavy (non-hydrogen) atoms. The summed E-state index contributed by atoms with van der Waals surface area (Å²) >= 11 is 0. The number of amides is 7. The Morgan fingerprint density at radius 1 is 0.626 bits per heavy atom. The first kappa shape index (κ1) is 98.2. The van der Waals surface area contributed by atoms with E-state index in [9.17, 15) is 74.5 Å². The van der Waals surface area contributed by atoms with Crippen LogP contribution in [0, 0.1) is 0 Å². The number of hydrogen-bond donors (Lipinski definition) is 13. The predicted octanol–water partition coefficient (Wildman–Crippen LogP) is 4.57. The Morgan fingerprint density at radius 2 is 1.20 bits per heavy atom. The number of aromatic hydroxyl groups is 1. The molecule has 0 unspecified atom stereocenters. The van der Waals surface area contributed by atoms with Crippen LogP contribution < -0.4 is 53.6 Å². The molecule has 7 amide bonds. The summed E-state index contributed by atoms with van der Waals surface area (Å²) in [4.78, 5) is 113. The molecule has 0 aromatic heterocycles. The van der Waals surface area contributed by atoms with Gasteiger partial charge in [0.05, 0.1) is 143 Å². The van der Waals surface area contributed by atoms with E-state index in [0.29, 0.717) is 30.6 Å². The number of ether oxygens (including phenoxy) is 4. The topological polar surface area (TPSA) is 478 Å². The number of rotatable bonds is 43. The molecular formula is C87H125N14O20S2+3. The van der Waals surface area contributed by atoms with E-state index >= 15 is 0 Å². The molecule has 36 heteroatoms. The van der Waals surface area contributed by atoms with Crippen LogP contribution in [0.5, 0.6) is 5.75 Å². The second-order valence-corrected chi connectivity index (χ2v) is 37.0. The third-order valence-corrected chi connectivity index (χ3v) is 23.3. The van der Waals surface area contributed by atoms with Crippen molar-refractivity contribution in [1.82, 2.24) is 37.2 Å². The fourth-order valence-corrected chi connectivity index (χ4v) is 16.2. The Morgan fingerprint density at radius 3 is 1.83 bits per heavy atom. The zero-order valence-electron chi connectivity index (χ0n) is 72.2. The zero-order valence-corrected chi connectivity index (χ0v) is 73.9. The molecule has 4 aromatic carbocycles. The van der Waals surface area contributed by atoms with E-state index in [4.69, 9.17) is 30.4 Å². The van der Waals surface area contributed by atoms with Crippen LogP contribution in [-0.2, 0) is 90.0 Å². The Labute approximate surface area is 721 Å². The Kier molecular flexibility index (Phi) is 35.8. The molecule has 1 fully saturated rings. The van der Waals surface area contributed by atoms with Crippen molar-refractivity contribution < 1.29 is 107 Å². The third kappa shape index (κ3) is 30.0. The lowest BCUT2D eigenvalue weighted by atomic mass is 9.79. The van der Waals surface area contributed by atoms with E-state index in [-0.39, 0.29) is 144 Å². The molecule has 1 saturated heterocycles. The first-order valence-corrected chi connectivity index (χ1v) is 44.5. The summed E-state index contributed by atoms with van der Waals surface area (Å²) < 4.78 is 97.1. The van der Waals surface area contributed by atoms with Crippen LogP contribution in [0.3, 0.4) is 0 Å². The van der Waals surface area contributed by atoms with Crippen LogP contribution in [0.15, 0.2) is 141 Å². The number of nitrogens with zero attached hydrogens (tertiary/aromatic N) is 5. The lowest BCUT2D eigenvalue weighted by Gasteiger charge is -2.29. The third-order valence-electron chi connectivity index (χ3n) is 21.6. The summed E-state index contributed by atoms with van der Waals surface area (Å²) in [5, 5.41) is 37.8. The number of carboxylic acids is 1. The van der Waals surface area contributed by atoms with Gasteiger partial charge in [-0.15, -0.1) is 0 Å². The Hall–Kier alpha value is -10.3. The fourth-order valence-electron chi connectivity index (χ4n) is 15.2. The number of hydrogen-bond acceptors (Lipinski definition) is 19. The van der Waals surface area contributed by atoms with E-state index in [1.165, 1.54) is 36.4 Å². The van der Waals surface area contributed by atoms with E-state index in [2.05, 4.69) is 146 Å². The molecule has 4 atom stereocenters. The lowest BCUT2D eigenvalue weighted by molar-refractivity contribution is -0.871. The number of aliphatic carboxylic acids is 1. The van der Waals surface area contributed by atoms with Gasteiger partial charge in [0.15, 0.2) is 18.2 Å². The fraction of sp³-hybridized carbons (Fsp3) is 0.517. The summed E-state index contributed by atoms with van der Waals surface area (Å²) in [5.41, 5.74) is 19.7. The summed E-state index contributed by atoms with van der Waals surface area (Å²) in [7, 11) is 3.87. The number of allylic oxidation sites excluding steroid dienone is 8. The zero-order chi connectivity index (χ0) is 90.0. The number of benzene rings is 4. The van der Waals surface area contributed by atoms with Crippen molar-refractivity contribution in [3.63, 3.8) is 0 Å². The molecule has 3 heterocycles. The molecule has 8 rings (SSSR count). The number of carbonyl (C=O) groups excluding carboxylic acids is 7. The van der Waals surface area contributed by atoms with Gasteiger partial charge in [-0.1, -0.05) is 50.3 Å². The summed E-state index contributed by atoms with van der Waals surface area (Å²) in [6.07, 6.45) is 12.3. The van der Waals surface area contributed by atoms with Gasteiger partial charge in [-0.2, -0.15) is 21.4 Å². The highest BCUT2D eigenvalue weighted by atomic mass is 32.2. The van der Waals surface area contributed by atoms with Gasteiger partial charge in [0, 0.05) is 85.5 Å². The quantitative estimate of drug-likeness (QED) is 0.00721. The number of quaternary nitrogens is 2. The Balaban J connectivity index is 0.814. The van der Waals surface area contributed by atoms with E-state index in [0.717, 1.165) is 110 Å². The number of fused-ring (bicyclic) bond motifs is 2. The van der Waals surface area contributed by atoms with Gasteiger partial charge < -0.3 is 91.7 Å². The average Bonchev–Trinajstić information content (AvgIpc) is 1.59.